The highest BCUT2D eigenvalue weighted by atomic mass is 32.2. The number of nitrogens with one attached hydrogen (secondary N) is 1. The Hall–Kier alpha value is -2.23. The van der Waals surface area contributed by atoms with Crippen molar-refractivity contribution in [1.29, 1.82) is 0 Å². The molecule has 0 atom stereocenters. The summed E-state index contributed by atoms with van der Waals surface area (Å²) in [5, 5.41) is 4.94. The molecule has 3 aromatic rings. The standard InChI is InChI=1S/C19H17FN2O3S3/c20-14-11-17(18(23)21-13-15-5-4-8-26-15)19(22-12-14)27-9-10-28(24,25)16-6-2-1-3-7-16/h1-8,11-12H,9-10,13H2,(H,21,23). The number of hydrogen-bond acceptors (Lipinski definition) is 6. The second kappa shape index (κ2) is 9.31. The van der Waals surface area contributed by atoms with Crippen LogP contribution >= 0.6 is 23.1 Å². The molecule has 5 nitrogen and oxygen atoms in total. The van der Waals surface area contributed by atoms with Crippen LogP contribution in [0, 0.1) is 5.82 Å². The number of rotatable bonds is 8. The lowest BCUT2D eigenvalue weighted by Gasteiger charge is -2.09. The number of aromatic nitrogens is 1. The lowest BCUT2D eigenvalue weighted by atomic mass is 10.2. The van der Waals surface area contributed by atoms with Gasteiger partial charge in [-0.2, -0.15) is 0 Å². The van der Waals surface area contributed by atoms with Crippen molar-refractivity contribution in [1.82, 2.24) is 10.3 Å². The van der Waals surface area contributed by atoms with Crippen LogP contribution in [0.4, 0.5) is 4.39 Å². The van der Waals surface area contributed by atoms with Crippen LogP contribution in [0.3, 0.4) is 0 Å². The number of sulfone groups is 1. The van der Waals surface area contributed by atoms with Gasteiger partial charge in [0.1, 0.15) is 10.8 Å². The number of hydrogen-bond donors (Lipinski definition) is 1. The summed E-state index contributed by atoms with van der Waals surface area (Å²) in [6.45, 7) is 0.333. The number of thioether (sulfide) groups is 1. The Morgan fingerprint density at radius 2 is 1.96 bits per heavy atom. The number of pyridine rings is 1. The Balaban J connectivity index is 1.66. The van der Waals surface area contributed by atoms with Gasteiger partial charge < -0.3 is 5.32 Å². The topological polar surface area (TPSA) is 76.1 Å². The molecular weight excluding hydrogens is 419 g/mol. The average Bonchev–Trinajstić information content (AvgIpc) is 3.21. The first kappa shape index (κ1) is 20.5. The molecule has 0 bridgehead atoms. The molecule has 0 aliphatic rings. The number of carbonyl (C=O) groups excluding carboxylic acids is 1. The molecule has 0 saturated carbocycles. The van der Waals surface area contributed by atoms with Gasteiger partial charge in [0.05, 0.1) is 29.0 Å². The van der Waals surface area contributed by atoms with E-state index in [1.54, 1.807) is 30.3 Å². The van der Waals surface area contributed by atoms with Gasteiger partial charge in [-0.05, 0) is 29.6 Å². The summed E-state index contributed by atoms with van der Waals surface area (Å²) < 4.78 is 38.3. The molecule has 9 heteroatoms. The Kier molecular flexibility index (Phi) is 6.82. The zero-order chi connectivity index (χ0) is 20.0. The summed E-state index contributed by atoms with van der Waals surface area (Å²) >= 11 is 2.62. The monoisotopic (exact) mass is 436 g/mol. The minimum atomic E-state index is -3.43. The number of amides is 1. The molecule has 28 heavy (non-hydrogen) atoms. The fourth-order valence-corrected chi connectivity index (χ4v) is 5.66. The van der Waals surface area contributed by atoms with Crippen LogP contribution in [0.1, 0.15) is 15.2 Å². The van der Waals surface area contributed by atoms with Crippen molar-refractivity contribution in [2.75, 3.05) is 11.5 Å². The van der Waals surface area contributed by atoms with Gasteiger partial charge in [0.25, 0.3) is 5.91 Å². The highest BCUT2D eigenvalue weighted by Gasteiger charge is 2.18. The summed E-state index contributed by atoms with van der Waals surface area (Å²) in [6, 6.07) is 13.0. The second-order valence-corrected chi connectivity index (χ2v) is 9.97. The fraction of sp³-hybridized carbons (Fsp3) is 0.158. The summed E-state index contributed by atoms with van der Waals surface area (Å²) in [4.78, 5) is 17.6. The number of nitrogens with zero attached hydrogens (tertiary/aromatic N) is 1. The van der Waals surface area contributed by atoms with Gasteiger partial charge >= 0.3 is 0 Å². The molecule has 0 fully saturated rings. The van der Waals surface area contributed by atoms with Crippen LogP contribution in [0.15, 0.2) is 70.0 Å². The molecule has 3 rings (SSSR count). The van der Waals surface area contributed by atoms with E-state index in [0.717, 1.165) is 28.9 Å². The van der Waals surface area contributed by atoms with E-state index in [2.05, 4.69) is 10.3 Å². The predicted molar refractivity (Wildman–Crippen MR) is 109 cm³/mol. The van der Waals surface area contributed by atoms with Gasteiger partial charge in [0.2, 0.25) is 0 Å². The third kappa shape index (κ3) is 5.40. The molecule has 0 aliphatic carbocycles. The van der Waals surface area contributed by atoms with E-state index in [1.165, 1.54) is 11.3 Å². The van der Waals surface area contributed by atoms with E-state index in [-0.39, 0.29) is 22.0 Å². The minimum absolute atomic E-state index is 0.0960. The Morgan fingerprint density at radius 3 is 2.68 bits per heavy atom. The van der Waals surface area contributed by atoms with Gasteiger partial charge in [0, 0.05) is 10.6 Å². The van der Waals surface area contributed by atoms with Crippen LogP contribution in [0.25, 0.3) is 0 Å². The highest BCUT2D eigenvalue weighted by molar-refractivity contribution is 8.00. The van der Waals surface area contributed by atoms with Gasteiger partial charge in [-0.15, -0.1) is 23.1 Å². The third-order valence-electron chi connectivity index (χ3n) is 3.76. The first-order chi connectivity index (χ1) is 13.5. The van der Waals surface area contributed by atoms with Gasteiger partial charge in [-0.25, -0.2) is 17.8 Å². The minimum Gasteiger partial charge on any atom is -0.347 e. The molecule has 2 aromatic heterocycles. The molecular formula is C19H17FN2O3S3. The summed E-state index contributed by atoms with van der Waals surface area (Å²) in [5.74, 6) is -0.991. The molecule has 146 valence electrons. The number of benzene rings is 1. The summed E-state index contributed by atoms with van der Waals surface area (Å²) in [5.41, 5.74) is 0.0960. The van der Waals surface area contributed by atoms with Crippen LogP contribution < -0.4 is 5.32 Å². The van der Waals surface area contributed by atoms with Gasteiger partial charge in [-0.1, -0.05) is 24.3 Å². The van der Waals surface area contributed by atoms with Crippen LogP contribution in [-0.4, -0.2) is 30.8 Å². The lowest BCUT2D eigenvalue weighted by Crippen LogP contribution is -2.23. The molecule has 1 N–H and O–H groups in total. The van der Waals surface area contributed by atoms with Crippen LogP contribution in [0.2, 0.25) is 0 Å². The Bertz CT molecular complexity index is 1040. The molecule has 1 amide bonds. The zero-order valence-electron chi connectivity index (χ0n) is 14.7. The number of halogens is 1. The van der Waals surface area contributed by atoms with Crippen molar-refractivity contribution in [3.05, 3.63) is 76.4 Å². The molecule has 2 heterocycles. The van der Waals surface area contributed by atoms with Crippen LogP contribution in [-0.2, 0) is 16.4 Å². The SMILES string of the molecule is O=C(NCc1cccs1)c1cc(F)cnc1SCCS(=O)(=O)c1ccccc1. The largest absolute Gasteiger partial charge is 0.347 e. The van der Waals surface area contributed by atoms with E-state index < -0.39 is 21.6 Å². The van der Waals surface area contributed by atoms with Gasteiger partial charge in [-0.3, -0.25) is 4.79 Å². The third-order valence-corrected chi connectivity index (χ3v) is 7.63. The van der Waals surface area contributed by atoms with Crippen molar-refractivity contribution in [2.24, 2.45) is 0 Å². The van der Waals surface area contributed by atoms with E-state index in [4.69, 9.17) is 0 Å². The first-order valence-electron chi connectivity index (χ1n) is 8.32. The molecule has 1 aromatic carbocycles. The van der Waals surface area contributed by atoms with Crippen molar-refractivity contribution in [3.63, 3.8) is 0 Å². The van der Waals surface area contributed by atoms with Crippen molar-refractivity contribution < 1.29 is 17.6 Å². The Labute approximate surface area is 170 Å². The highest BCUT2D eigenvalue weighted by Crippen LogP contribution is 2.23. The second-order valence-electron chi connectivity index (χ2n) is 5.75. The molecule has 0 spiro atoms. The van der Waals surface area contributed by atoms with Crippen molar-refractivity contribution in [2.45, 2.75) is 16.5 Å². The normalized spacial score (nSPS) is 11.3. The molecule has 0 radical (unpaired) electrons. The quantitative estimate of drug-likeness (QED) is 0.544. The smallest absolute Gasteiger partial charge is 0.254 e. The van der Waals surface area contributed by atoms with Gasteiger partial charge in [0.15, 0.2) is 9.84 Å². The Morgan fingerprint density at radius 1 is 1.18 bits per heavy atom. The van der Waals surface area contributed by atoms with E-state index in [1.807, 2.05) is 17.5 Å². The van der Waals surface area contributed by atoms with Crippen LogP contribution in [0.5, 0.6) is 0 Å². The number of thiophene rings is 1. The zero-order valence-corrected chi connectivity index (χ0v) is 17.1. The maximum absolute atomic E-state index is 13.6. The van der Waals surface area contributed by atoms with E-state index in [0.29, 0.717) is 11.6 Å². The lowest BCUT2D eigenvalue weighted by molar-refractivity contribution is 0.0947. The fourth-order valence-electron chi connectivity index (χ4n) is 2.37. The van der Waals surface area contributed by atoms with E-state index in [9.17, 15) is 17.6 Å². The predicted octanol–water partition coefficient (Wildman–Crippen LogP) is 3.78. The summed E-state index contributed by atoms with van der Waals surface area (Å²) in [7, 11) is -3.43. The van der Waals surface area contributed by atoms with E-state index >= 15 is 0 Å². The number of carbonyl (C=O) groups is 1. The maximum Gasteiger partial charge on any atom is 0.254 e. The van der Waals surface area contributed by atoms with Crippen molar-refractivity contribution in [3.8, 4) is 0 Å². The molecule has 0 saturated heterocycles. The summed E-state index contributed by atoms with van der Waals surface area (Å²) in [6.07, 6.45) is 1.02. The average molecular weight is 437 g/mol. The van der Waals surface area contributed by atoms with Crippen molar-refractivity contribution >= 4 is 38.8 Å². The maximum atomic E-state index is 13.6. The first-order valence-corrected chi connectivity index (χ1v) is 11.8. The molecule has 0 unspecified atom stereocenters. The molecule has 0 aliphatic heterocycles.